The van der Waals surface area contributed by atoms with E-state index in [2.05, 4.69) is 9.88 Å². The Labute approximate surface area is 177 Å². The van der Waals surface area contributed by atoms with Crippen LogP contribution in [0.1, 0.15) is 27.0 Å². The maximum atomic E-state index is 12.9. The van der Waals surface area contributed by atoms with E-state index in [9.17, 15) is 14.9 Å². The van der Waals surface area contributed by atoms with Gasteiger partial charge in [0.25, 0.3) is 5.69 Å². The average molecular weight is 415 g/mol. The molecule has 0 aliphatic carbocycles. The van der Waals surface area contributed by atoms with Crippen LogP contribution in [0.15, 0.2) is 66.7 Å². The van der Waals surface area contributed by atoms with Crippen LogP contribution in [0.25, 0.3) is 6.08 Å². The van der Waals surface area contributed by atoms with Crippen LogP contribution in [0.5, 0.6) is 11.5 Å². The number of benzene rings is 2. The lowest BCUT2D eigenvalue weighted by molar-refractivity contribution is -0.384. The smallest absolute Gasteiger partial charge is 0.269 e. The fourth-order valence-corrected chi connectivity index (χ4v) is 3.70. The first kappa shape index (κ1) is 19.0. The maximum absolute atomic E-state index is 12.9. The van der Waals surface area contributed by atoms with Crippen molar-refractivity contribution in [1.82, 2.24) is 9.88 Å². The third-order valence-corrected chi connectivity index (χ3v) is 5.24. The first-order chi connectivity index (χ1) is 15.1. The molecule has 2 aliphatic rings. The molecule has 5 rings (SSSR count). The molecule has 8 nitrogen and oxygen atoms in total. The van der Waals surface area contributed by atoms with Crippen LogP contribution in [0.4, 0.5) is 5.69 Å². The second-order valence-corrected chi connectivity index (χ2v) is 7.32. The number of allylic oxidation sites excluding steroid dienone is 1. The Morgan fingerprint density at radius 1 is 1.10 bits per heavy atom. The normalized spacial score (nSPS) is 16.4. The Morgan fingerprint density at radius 3 is 2.61 bits per heavy atom. The number of hydrogen-bond acceptors (Lipinski definition) is 7. The molecule has 0 spiro atoms. The van der Waals surface area contributed by atoms with E-state index in [1.165, 1.54) is 12.1 Å². The summed E-state index contributed by atoms with van der Waals surface area (Å²) in [5.41, 5.74) is 3.07. The van der Waals surface area contributed by atoms with Crippen molar-refractivity contribution >= 4 is 17.5 Å². The molecule has 0 fully saturated rings. The number of nitrogens with zero attached hydrogens (tertiary/aromatic N) is 3. The van der Waals surface area contributed by atoms with Crippen LogP contribution in [-0.4, -0.2) is 27.3 Å². The number of hydrogen-bond donors (Lipinski definition) is 0. The average Bonchev–Trinajstić information content (AvgIpc) is 3.10. The van der Waals surface area contributed by atoms with Crippen LogP contribution in [0.2, 0.25) is 0 Å². The Balaban J connectivity index is 1.41. The van der Waals surface area contributed by atoms with Crippen molar-refractivity contribution in [2.24, 2.45) is 0 Å². The van der Waals surface area contributed by atoms with Crippen molar-refractivity contribution in [3.8, 4) is 11.5 Å². The van der Waals surface area contributed by atoms with Gasteiger partial charge in [0.2, 0.25) is 5.78 Å². The molecule has 3 heterocycles. The van der Waals surface area contributed by atoms with E-state index in [-0.39, 0.29) is 17.2 Å². The number of rotatable bonds is 4. The Kier molecular flexibility index (Phi) is 4.68. The summed E-state index contributed by atoms with van der Waals surface area (Å²) in [4.78, 5) is 29.4. The predicted octanol–water partition coefficient (Wildman–Crippen LogP) is 3.96. The SMILES string of the molecule is O=C1/C(=C/c2ccc([N+](=O)[O-])cc2)Oc2c1ccc1c2CN(Cc2ccncc2)CO1. The first-order valence-electron chi connectivity index (χ1n) is 9.67. The van der Waals surface area contributed by atoms with Gasteiger partial charge in [-0.3, -0.25) is 24.8 Å². The standard InChI is InChI=1S/C23H17N3O5/c27-22-18-5-6-20-19(13-25(14-30-20)12-16-7-9-24-10-8-16)23(18)31-21(22)11-15-1-3-17(4-2-15)26(28)29/h1-11H,12-14H2/b21-11-. The molecular formula is C23H17N3O5. The van der Waals surface area contributed by atoms with Crippen molar-refractivity contribution in [2.75, 3.05) is 6.73 Å². The molecular weight excluding hydrogens is 398 g/mol. The molecule has 0 atom stereocenters. The monoisotopic (exact) mass is 415 g/mol. The van der Waals surface area contributed by atoms with Gasteiger partial charge in [-0.25, -0.2) is 0 Å². The van der Waals surface area contributed by atoms with Gasteiger partial charge in [0.1, 0.15) is 18.2 Å². The van der Waals surface area contributed by atoms with E-state index in [4.69, 9.17) is 9.47 Å². The van der Waals surface area contributed by atoms with Gasteiger partial charge < -0.3 is 9.47 Å². The maximum Gasteiger partial charge on any atom is 0.269 e. The number of pyridine rings is 1. The van der Waals surface area contributed by atoms with Gasteiger partial charge in [-0.2, -0.15) is 0 Å². The van der Waals surface area contributed by atoms with Crippen LogP contribution in [-0.2, 0) is 13.1 Å². The second kappa shape index (κ2) is 7.66. The highest BCUT2D eigenvalue weighted by Crippen LogP contribution is 2.42. The molecule has 0 saturated carbocycles. The van der Waals surface area contributed by atoms with Gasteiger partial charge in [0.15, 0.2) is 5.76 Å². The molecule has 3 aromatic rings. The van der Waals surface area contributed by atoms with Crippen molar-refractivity contribution in [3.05, 3.63) is 99.1 Å². The highest BCUT2D eigenvalue weighted by molar-refractivity contribution is 6.15. The van der Waals surface area contributed by atoms with E-state index >= 15 is 0 Å². The molecule has 0 saturated heterocycles. The van der Waals surface area contributed by atoms with E-state index in [0.717, 1.165) is 11.1 Å². The lowest BCUT2D eigenvalue weighted by Gasteiger charge is -2.29. The summed E-state index contributed by atoms with van der Waals surface area (Å²) in [6.07, 6.45) is 5.10. The lowest BCUT2D eigenvalue weighted by Crippen LogP contribution is -2.31. The molecule has 1 aromatic heterocycles. The summed E-state index contributed by atoms with van der Waals surface area (Å²) in [5, 5.41) is 10.8. The molecule has 0 N–H and O–H groups in total. The van der Waals surface area contributed by atoms with E-state index in [1.807, 2.05) is 12.1 Å². The number of ketones is 1. The number of nitro benzene ring substituents is 1. The number of carbonyl (C=O) groups is 1. The van der Waals surface area contributed by atoms with Crippen molar-refractivity contribution in [3.63, 3.8) is 0 Å². The Hall–Kier alpha value is -4.04. The molecule has 154 valence electrons. The number of fused-ring (bicyclic) bond motifs is 3. The molecule has 2 aromatic carbocycles. The number of Topliss-reactive ketones (excluding diaryl/α,β-unsaturated/α-hetero) is 1. The molecule has 0 amide bonds. The quantitative estimate of drug-likeness (QED) is 0.362. The van der Waals surface area contributed by atoms with Crippen molar-refractivity contribution in [2.45, 2.75) is 13.1 Å². The summed E-state index contributed by atoms with van der Waals surface area (Å²) in [6, 6.07) is 13.4. The summed E-state index contributed by atoms with van der Waals surface area (Å²) in [5.74, 6) is 1.18. The minimum absolute atomic E-state index is 0.00962. The zero-order valence-corrected chi connectivity index (χ0v) is 16.4. The van der Waals surface area contributed by atoms with Gasteiger partial charge in [-0.15, -0.1) is 0 Å². The Bertz CT molecular complexity index is 1210. The molecule has 31 heavy (non-hydrogen) atoms. The van der Waals surface area contributed by atoms with Gasteiger partial charge >= 0.3 is 0 Å². The third kappa shape index (κ3) is 3.64. The van der Waals surface area contributed by atoms with Crippen LogP contribution in [0, 0.1) is 10.1 Å². The van der Waals surface area contributed by atoms with Crippen molar-refractivity contribution in [1.29, 1.82) is 0 Å². The fraction of sp³-hybridized carbons (Fsp3) is 0.130. The number of carbonyl (C=O) groups excluding carboxylic acids is 1. The van der Waals surface area contributed by atoms with Gasteiger partial charge in [-0.05, 0) is 53.6 Å². The summed E-state index contributed by atoms with van der Waals surface area (Å²) in [6.45, 7) is 1.71. The molecule has 0 radical (unpaired) electrons. The van der Waals surface area contributed by atoms with Gasteiger partial charge in [0, 0.05) is 37.6 Å². The highest BCUT2D eigenvalue weighted by Gasteiger charge is 2.33. The van der Waals surface area contributed by atoms with E-state index in [1.54, 1.807) is 42.7 Å². The van der Waals surface area contributed by atoms with Gasteiger partial charge in [0.05, 0.1) is 16.1 Å². The van der Waals surface area contributed by atoms with Crippen LogP contribution in [0.3, 0.4) is 0 Å². The molecule has 2 aliphatic heterocycles. The van der Waals surface area contributed by atoms with E-state index in [0.29, 0.717) is 42.4 Å². The number of aromatic nitrogens is 1. The minimum atomic E-state index is -0.464. The summed E-state index contributed by atoms with van der Waals surface area (Å²) >= 11 is 0. The zero-order valence-electron chi connectivity index (χ0n) is 16.4. The minimum Gasteiger partial charge on any atom is -0.478 e. The fourth-order valence-electron chi connectivity index (χ4n) is 3.70. The Morgan fingerprint density at radius 2 is 1.87 bits per heavy atom. The number of nitro groups is 1. The zero-order chi connectivity index (χ0) is 21.4. The topological polar surface area (TPSA) is 94.8 Å². The summed E-state index contributed by atoms with van der Waals surface area (Å²) < 4.78 is 11.9. The molecule has 0 bridgehead atoms. The summed E-state index contributed by atoms with van der Waals surface area (Å²) in [7, 11) is 0. The second-order valence-electron chi connectivity index (χ2n) is 7.32. The molecule has 8 heteroatoms. The largest absolute Gasteiger partial charge is 0.478 e. The van der Waals surface area contributed by atoms with Crippen LogP contribution >= 0.6 is 0 Å². The third-order valence-electron chi connectivity index (χ3n) is 5.24. The van der Waals surface area contributed by atoms with Crippen molar-refractivity contribution < 1.29 is 19.2 Å². The van der Waals surface area contributed by atoms with Gasteiger partial charge in [-0.1, -0.05) is 0 Å². The lowest BCUT2D eigenvalue weighted by atomic mass is 10.0. The first-order valence-corrected chi connectivity index (χ1v) is 9.67. The predicted molar refractivity (Wildman–Crippen MR) is 111 cm³/mol. The van der Waals surface area contributed by atoms with Crippen LogP contribution < -0.4 is 9.47 Å². The highest BCUT2D eigenvalue weighted by atomic mass is 16.6. The molecule has 0 unspecified atom stereocenters. The van der Waals surface area contributed by atoms with E-state index < -0.39 is 4.92 Å². The number of non-ortho nitro benzene ring substituents is 1. The number of ether oxygens (including phenoxy) is 2.